The van der Waals surface area contributed by atoms with Crippen molar-refractivity contribution in [3.05, 3.63) is 58.6 Å². The van der Waals surface area contributed by atoms with Gasteiger partial charge in [-0.3, -0.25) is 4.79 Å². The molecule has 0 saturated heterocycles. The average molecular weight is 392 g/mol. The monoisotopic (exact) mass is 391 g/mol. The minimum Gasteiger partial charge on any atom is -0.492 e. The molecule has 0 bridgehead atoms. The quantitative estimate of drug-likeness (QED) is 0.754. The van der Waals surface area contributed by atoms with Gasteiger partial charge in [-0.15, -0.1) is 0 Å². The van der Waals surface area contributed by atoms with E-state index in [2.05, 4.69) is 21.2 Å². The SMILES string of the molecule is CCOc1ccccc1NC(=O)C(C)OC(=O)c1ccc(Br)cc1. The van der Waals surface area contributed by atoms with Crippen LogP contribution in [0.1, 0.15) is 24.2 Å². The van der Waals surface area contributed by atoms with E-state index < -0.39 is 18.0 Å². The molecule has 0 saturated carbocycles. The molecule has 1 N–H and O–H groups in total. The maximum absolute atomic E-state index is 12.2. The number of para-hydroxylation sites is 2. The largest absolute Gasteiger partial charge is 0.492 e. The van der Waals surface area contributed by atoms with Crippen molar-refractivity contribution in [2.75, 3.05) is 11.9 Å². The van der Waals surface area contributed by atoms with Crippen LogP contribution in [0, 0.1) is 0 Å². The Bertz CT molecular complexity index is 715. The van der Waals surface area contributed by atoms with Gasteiger partial charge in [-0.05, 0) is 50.2 Å². The second-order valence-electron chi connectivity index (χ2n) is 4.97. The standard InChI is InChI=1S/C18H18BrNO4/c1-3-23-16-7-5-4-6-15(16)20-17(21)12(2)24-18(22)13-8-10-14(19)11-9-13/h4-12H,3H2,1-2H3,(H,20,21). The second kappa shape index (κ2) is 8.49. The third-order valence-electron chi connectivity index (χ3n) is 3.18. The Morgan fingerprint density at radius 2 is 1.79 bits per heavy atom. The molecule has 0 aromatic heterocycles. The molecule has 126 valence electrons. The van der Waals surface area contributed by atoms with Gasteiger partial charge in [0.15, 0.2) is 6.10 Å². The Balaban J connectivity index is 1.99. The van der Waals surface area contributed by atoms with Crippen molar-refractivity contribution in [1.29, 1.82) is 0 Å². The maximum atomic E-state index is 12.2. The normalized spacial score (nSPS) is 11.5. The molecule has 1 unspecified atom stereocenters. The number of hydrogen-bond acceptors (Lipinski definition) is 4. The van der Waals surface area contributed by atoms with Gasteiger partial charge < -0.3 is 14.8 Å². The van der Waals surface area contributed by atoms with Crippen LogP contribution in [-0.4, -0.2) is 24.6 Å². The van der Waals surface area contributed by atoms with Crippen LogP contribution in [0.4, 0.5) is 5.69 Å². The van der Waals surface area contributed by atoms with E-state index >= 15 is 0 Å². The molecule has 2 aromatic carbocycles. The highest BCUT2D eigenvalue weighted by Crippen LogP contribution is 2.24. The van der Waals surface area contributed by atoms with Crippen molar-refractivity contribution in [3.8, 4) is 5.75 Å². The van der Waals surface area contributed by atoms with E-state index in [1.165, 1.54) is 6.92 Å². The molecule has 0 aliphatic carbocycles. The van der Waals surface area contributed by atoms with Crippen molar-refractivity contribution in [3.63, 3.8) is 0 Å². The molecule has 6 heteroatoms. The van der Waals surface area contributed by atoms with E-state index in [1.807, 2.05) is 13.0 Å². The van der Waals surface area contributed by atoms with Crippen LogP contribution in [-0.2, 0) is 9.53 Å². The summed E-state index contributed by atoms with van der Waals surface area (Å²) in [6.07, 6.45) is -0.934. The summed E-state index contributed by atoms with van der Waals surface area (Å²) >= 11 is 3.30. The average Bonchev–Trinajstić information content (AvgIpc) is 2.57. The van der Waals surface area contributed by atoms with Crippen molar-refractivity contribution < 1.29 is 19.1 Å². The smallest absolute Gasteiger partial charge is 0.338 e. The number of esters is 1. The molecule has 5 nitrogen and oxygen atoms in total. The molecule has 1 amide bonds. The number of hydrogen-bond donors (Lipinski definition) is 1. The Labute approximate surface area is 149 Å². The van der Waals surface area contributed by atoms with E-state index in [1.54, 1.807) is 42.5 Å². The zero-order chi connectivity index (χ0) is 17.5. The Kier molecular flexibility index (Phi) is 6.37. The number of benzene rings is 2. The topological polar surface area (TPSA) is 64.6 Å². The molecule has 2 aromatic rings. The van der Waals surface area contributed by atoms with Gasteiger partial charge in [0.1, 0.15) is 5.75 Å². The van der Waals surface area contributed by atoms with E-state index in [0.717, 1.165) is 4.47 Å². The van der Waals surface area contributed by atoms with Crippen LogP contribution in [0.3, 0.4) is 0 Å². The van der Waals surface area contributed by atoms with E-state index in [0.29, 0.717) is 23.6 Å². The van der Waals surface area contributed by atoms with Crippen molar-refractivity contribution in [2.45, 2.75) is 20.0 Å². The van der Waals surface area contributed by atoms with Gasteiger partial charge in [0.25, 0.3) is 5.91 Å². The summed E-state index contributed by atoms with van der Waals surface area (Å²) in [7, 11) is 0. The van der Waals surface area contributed by atoms with E-state index in [-0.39, 0.29) is 0 Å². The maximum Gasteiger partial charge on any atom is 0.338 e. The van der Waals surface area contributed by atoms with Gasteiger partial charge in [-0.2, -0.15) is 0 Å². The molecule has 0 radical (unpaired) electrons. The number of nitrogens with one attached hydrogen (secondary N) is 1. The minimum absolute atomic E-state index is 0.382. The lowest BCUT2D eigenvalue weighted by atomic mass is 10.2. The lowest BCUT2D eigenvalue weighted by molar-refractivity contribution is -0.123. The van der Waals surface area contributed by atoms with Crippen molar-refractivity contribution in [2.24, 2.45) is 0 Å². The van der Waals surface area contributed by atoms with Gasteiger partial charge in [-0.25, -0.2) is 4.79 Å². The zero-order valence-electron chi connectivity index (χ0n) is 13.4. The van der Waals surface area contributed by atoms with Gasteiger partial charge in [0.2, 0.25) is 0 Å². The number of halogens is 1. The summed E-state index contributed by atoms with van der Waals surface area (Å²) in [4.78, 5) is 24.3. The number of carbonyl (C=O) groups excluding carboxylic acids is 2. The van der Waals surface area contributed by atoms with Crippen molar-refractivity contribution in [1.82, 2.24) is 0 Å². The van der Waals surface area contributed by atoms with Gasteiger partial charge >= 0.3 is 5.97 Å². The number of carbonyl (C=O) groups is 2. The molecule has 0 spiro atoms. The third-order valence-corrected chi connectivity index (χ3v) is 3.71. The first-order valence-corrected chi connectivity index (χ1v) is 8.29. The minimum atomic E-state index is -0.934. The third kappa shape index (κ3) is 4.83. The molecule has 24 heavy (non-hydrogen) atoms. The highest BCUT2D eigenvalue weighted by atomic mass is 79.9. The highest BCUT2D eigenvalue weighted by Gasteiger charge is 2.20. The lowest BCUT2D eigenvalue weighted by Crippen LogP contribution is -2.30. The summed E-state index contributed by atoms with van der Waals surface area (Å²) in [5.41, 5.74) is 0.920. The molecule has 0 fully saturated rings. The summed E-state index contributed by atoms with van der Waals surface area (Å²) in [5, 5.41) is 2.71. The number of amides is 1. The van der Waals surface area contributed by atoms with Gasteiger partial charge in [0.05, 0.1) is 17.9 Å². The van der Waals surface area contributed by atoms with Crippen LogP contribution >= 0.6 is 15.9 Å². The zero-order valence-corrected chi connectivity index (χ0v) is 15.0. The highest BCUT2D eigenvalue weighted by molar-refractivity contribution is 9.10. The summed E-state index contributed by atoms with van der Waals surface area (Å²) in [6.45, 7) is 3.87. The molecule has 0 heterocycles. The van der Waals surface area contributed by atoms with Crippen LogP contribution in [0.25, 0.3) is 0 Å². The molecule has 1 atom stereocenters. The fourth-order valence-corrected chi connectivity index (χ4v) is 2.22. The number of ether oxygens (including phenoxy) is 2. The van der Waals surface area contributed by atoms with Crippen molar-refractivity contribution >= 4 is 33.5 Å². The first-order valence-electron chi connectivity index (χ1n) is 7.50. The molecule has 2 rings (SSSR count). The first kappa shape index (κ1) is 18.0. The van der Waals surface area contributed by atoms with Crippen LogP contribution < -0.4 is 10.1 Å². The lowest BCUT2D eigenvalue weighted by Gasteiger charge is -2.15. The predicted molar refractivity (Wildman–Crippen MR) is 95.3 cm³/mol. The molecular weight excluding hydrogens is 374 g/mol. The van der Waals surface area contributed by atoms with Crippen LogP contribution in [0.2, 0.25) is 0 Å². The first-order chi connectivity index (χ1) is 11.5. The van der Waals surface area contributed by atoms with Gasteiger partial charge in [0, 0.05) is 4.47 Å². The Morgan fingerprint density at radius 3 is 2.46 bits per heavy atom. The summed E-state index contributed by atoms with van der Waals surface area (Å²) in [6, 6.07) is 13.8. The number of rotatable bonds is 6. The Morgan fingerprint density at radius 1 is 1.12 bits per heavy atom. The summed E-state index contributed by atoms with van der Waals surface area (Å²) < 4.78 is 11.5. The summed E-state index contributed by atoms with van der Waals surface area (Å²) in [5.74, 6) is -0.407. The molecular formula is C18H18BrNO4. The Hall–Kier alpha value is -2.34. The van der Waals surface area contributed by atoms with Crippen LogP contribution in [0.5, 0.6) is 5.75 Å². The van der Waals surface area contributed by atoms with Gasteiger partial charge in [-0.1, -0.05) is 28.1 Å². The van der Waals surface area contributed by atoms with E-state index in [9.17, 15) is 9.59 Å². The molecule has 0 aliphatic rings. The molecule has 0 aliphatic heterocycles. The fourth-order valence-electron chi connectivity index (χ4n) is 1.95. The second-order valence-corrected chi connectivity index (χ2v) is 5.89. The predicted octanol–water partition coefficient (Wildman–Crippen LogP) is 4.03. The van der Waals surface area contributed by atoms with E-state index in [4.69, 9.17) is 9.47 Å². The fraction of sp³-hybridized carbons (Fsp3) is 0.222. The van der Waals surface area contributed by atoms with Crippen LogP contribution in [0.15, 0.2) is 53.0 Å². The number of anilines is 1.